The Hall–Kier alpha value is -1.22. The molecule has 0 spiro atoms. The molecule has 2 N–H and O–H groups in total. The van der Waals surface area contributed by atoms with Crippen molar-refractivity contribution in [3.63, 3.8) is 0 Å². The fraction of sp³-hybridized carbons (Fsp3) is 0.200. The van der Waals surface area contributed by atoms with Crippen LogP contribution in [-0.2, 0) is 0 Å². The molecule has 0 saturated carbocycles. The largest absolute Gasteiger partial charge is 0.494 e. The lowest BCUT2D eigenvalue weighted by Crippen LogP contribution is -2.14. The molecule has 19 heavy (non-hydrogen) atoms. The summed E-state index contributed by atoms with van der Waals surface area (Å²) in [6.07, 6.45) is 0. The highest BCUT2D eigenvalue weighted by Gasteiger charge is 2.17. The first kappa shape index (κ1) is 14.2. The maximum Gasteiger partial charge on any atom is 0.124 e. The van der Waals surface area contributed by atoms with Crippen LogP contribution in [-0.4, -0.2) is 6.61 Å². The van der Waals surface area contributed by atoms with Crippen LogP contribution in [0.1, 0.15) is 24.1 Å². The van der Waals surface area contributed by atoms with E-state index in [4.69, 9.17) is 33.7 Å². The molecule has 2 rings (SSSR count). The van der Waals surface area contributed by atoms with Gasteiger partial charge in [-0.25, -0.2) is 0 Å². The van der Waals surface area contributed by atoms with Crippen LogP contribution in [0.2, 0.25) is 10.0 Å². The number of nitrogens with two attached hydrogens (primary N) is 1. The summed E-state index contributed by atoms with van der Waals surface area (Å²) >= 11 is 12.2. The maximum absolute atomic E-state index is 6.29. The average Bonchev–Trinajstić information content (AvgIpc) is 2.42. The standard InChI is InChI=1S/C15H15Cl2NO/c1-2-19-13-9-4-3-6-10(13)15(18)11-7-5-8-12(16)14(11)17/h3-9,15H,2,18H2,1H3. The van der Waals surface area contributed by atoms with Gasteiger partial charge in [-0.15, -0.1) is 0 Å². The molecule has 1 atom stereocenters. The van der Waals surface area contributed by atoms with E-state index in [1.54, 1.807) is 6.07 Å². The van der Waals surface area contributed by atoms with Crippen LogP contribution in [0.4, 0.5) is 0 Å². The molecule has 0 fully saturated rings. The van der Waals surface area contributed by atoms with Crippen molar-refractivity contribution in [2.45, 2.75) is 13.0 Å². The topological polar surface area (TPSA) is 35.2 Å². The third kappa shape index (κ3) is 3.03. The van der Waals surface area contributed by atoms with Gasteiger partial charge < -0.3 is 10.5 Å². The SMILES string of the molecule is CCOc1ccccc1C(N)c1cccc(Cl)c1Cl. The Morgan fingerprint density at radius 2 is 1.74 bits per heavy atom. The first-order valence-corrected chi connectivity index (χ1v) is 6.82. The number of halogens is 2. The fourth-order valence-electron chi connectivity index (χ4n) is 1.95. The Bertz CT molecular complexity index is 572. The zero-order chi connectivity index (χ0) is 13.8. The Labute approximate surface area is 123 Å². The van der Waals surface area contributed by atoms with Gasteiger partial charge in [0, 0.05) is 5.56 Å². The second-order valence-corrected chi connectivity index (χ2v) is 4.88. The highest BCUT2D eigenvalue weighted by atomic mass is 35.5. The van der Waals surface area contributed by atoms with E-state index >= 15 is 0 Å². The van der Waals surface area contributed by atoms with Gasteiger partial charge in [-0.2, -0.15) is 0 Å². The van der Waals surface area contributed by atoms with Crippen molar-refractivity contribution in [3.8, 4) is 5.75 Å². The molecular formula is C15H15Cl2NO. The molecule has 0 aliphatic rings. The zero-order valence-corrected chi connectivity index (χ0v) is 12.1. The molecule has 2 nitrogen and oxygen atoms in total. The van der Waals surface area contributed by atoms with Crippen molar-refractivity contribution in [3.05, 3.63) is 63.6 Å². The highest BCUT2D eigenvalue weighted by molar-refractivity contribution is 6.42. The summed E-state index contributed by atoms with van der Waals surface area (Å²) < 4.78 is 5.59. The van der Waals surface area contributed by atoms with Crippen molar-refractivity contribution in [1.29, 1.82) is 0 Å². The Morgan fingerprint density at radius 1 is 1.05 bits per heavy atom. The number of hydrogen-bond acceptors (Lipinski definition) is 2. The maximum atomic E-state index is 6.29. The van der Waals surface area contributed by atoms with Gasteiger partial charge >= 0.3 is 0 Å². The van der Waals surface area contributed by atoms with E-state index in [1.165, 1.54) is 0 Å². The van der Waals surface area contributed by atoms with Gasteiger partial charge in [0.15, 0.2) is 0 Å². The molecule has 4 heteroatoms. The second kappa shape index (κ2) is 6.29. The summed E-state index contributed by atoms with van der Waals surface area (Å²) in [6.45, 7) is 2.53. The molecule has 2 aromatic rings. The molecule has 0 heterocycles. The minimum atomic E-state index is -0.367. The minimum absolute atomic E-state index is 0.367. The Balaban J connectivity index is 2.44. The van der Waals surface area contributed by atoms with Crippen LogP contribution < -0.4 is 10.5 Å². The summed E-state index contributed by atoms with van der Waals surface area (Å²) in [5.41, 5.74) is 7.98. The van der Waals surface area contributed by atoms with Crippen LogP contribution >= 0.6 is 23.2 Å². The summed E-state index contributed by atoms with van der Waals surface area (Å²) in [6, 6.07) is 12.8. The van der Waals surface area contributed by atoms with E-state index < -0.39 is 0 Å². The number of rotatable bonds is 4. The van der Waals surface area contributed by atoms with Gasteiger partial charge in [0.1, 0.15) is 5.75 Å². The third-order valence-corrected chi connectivity index (χ3v) is 3.70. The van der Waals surface area contributed by atoms with E-state index in [-0.39, 0.29) is 6.04 Å². The van der Waals surface area contributed by atoms with Gasteiger partial charge in [-0.3, -0.25) is 0 Å². The first-order valence-electron chi connectivity index (χ1n) is 6.06. The van der Waals surface area contributed by atoms with Gasteiger partial charge in [-0.05, 0) is 24.6 Å². The van der Waals surface area contributed by atoms with Gasteiger partial charge in [0.2, 0.25) is 0 Å². The van der Waals surface area contributed by atoms with Crippen molar-refractivity contribution in [1.82, 2.24) is 0 Å². The molecule has 0 amide bonds. The van der Waals surface area contributed by atoms with Crippen molar-refractivity contribution >= 4 is 23.2 Å². The van der Waals surface area contributed by atoms with E-state index in [0.29, 0.717) is 16.7 Å². The Morgan fingerprint density at radius 3 is 2.47 bits per heavy atom. The van der Waals surface area contributed by atoms with E-state index in [0.717, 1.165) is 16.9 Å². The summed E-state index contributed by atoms with van der Waals surface area (Å²) in [5.74, 6) is 0.772. The molecule has 2 aromatic carbocycles. The molecule has 100 valence electrons. The minimum Gasteiger partial charge on any atom is -0.494 e. The van der Waals surface area contributed by atoms with Crippen molar-refractivity contribution in [2.24, 2.45) is 5.73 Å². The summed E-state index contributed by atoms with van der Waals surface area (Å²) in [4.78, 5) is 0. The van der Waals surface area contributed by atoms with E-state index in [9.17, 15) is 0 Å². The number of benzene rings is 2. The third-order valence-electron chi connectivity index (χ3n) is 2.87. The van der Waals surface area contributed by atoms with E-state index in [1.807, 2.05) is 43.3 Å². The zero-order valence-electron chi connectivity index (χ0n) is 10.6. The monoisotopic (exact) mass is 295 g/mol. The molecule has 0 aliphatic heterocycles. The van der Waals surface area contributed by atoms with Gasteiger partial charge in [0.05, 0.1) is 22.7 Å². The van der Waals surface area contributed by atoms with Crippen LogP contribution in [0.3, 0.4) is 0 Å². The van der Waals surface area contributed by atoms with E-state index in [2.05, 4.69) is 0 Å². The lowest BCUT2D eigenvalue weighted by atomic mass is 9.98. The van der Waals surface area contributed by atoms with Crippen LogP contribution in [0, 0.1) is 0 Å². The molecule has 0 saturated heterocycles. The number of para-hydroxylation sites is 1. The highest BCUT2D eigenvalue weighted by Crippen LogP contribution is 2.35. The fourth-order valence-corrected chi connectivity index (χ4v) is 2.38. The molecule has 0 aliphatic carbocycles. The summed E-state index contributed by atoms with van der Waals surface area (Å²) in [5, 5.41) is 0.992. The average molecular weight is 296 g/mol. The van der Waals surface area contributed by atoms with Gasteiger partial charge in [-0.1, -0.05) is 53.5 Å². The second-order valence-electron chi connectivity index (χ2n) is 4.09. The molecule has 0 aromatic heterocycles. The molecule has 0 bridgehead atoms. The number of ether oxygens (including phenoxy) is 1. The quantitative estimate of drug-likeness (QED) is 0.905. The van der Waals surface area contributed by atoms with Crippen molar-refractivity contribution in [2.75, 3.05) is 6.61 Å². The molecule has 1 unspecified atom stereocenters. The normalized spacial score (nSPS) is 12.2. The molecule has 0 radical (unpaired) electrons. The first-order chi connectivity index (χ1) is 9.15. The smallest absolute Gasteiger partial charge is 0.124 e. The Kier molecular flexibility index (Phi) is 4.70. The van der Waals surface area contributed by atoms with Crippen LogP contribution in [0.15, 0.2) is 42.5 Å². The van der Waals surface area contributed by atoms with Gasteiger partial charge in [0.25, 0.3) is 0 Å². The lowest BCUT2D eigenvalue weighted by Gasteiger charge is -2.18. The molecular weight excluding hydrogens is 281 g/mol. The van der Waals surface area contributed by atoms with Crippen LogP contribution in [0.5, 0.6) is 5.75 Å². The predicted octanol–water partition coefficient (Wildman–Crippen LogP) is 4.44. The predicted molar refractivity (Wildman–Crippen MR) is 80.1 cm³/mol. The number of hydrogen-bond donors (Lipinski definition) is 1. The summed E-state index contributed by atoms with van der Waals surface area (Å²) in [7, 11) is 0. The van der Waals surface area contributed by atoms with Crippen LogP contribution in [0.25, 0.3) is 0 Å². The lowest BCUT2D eigenvalue weighted by molar-refractivity contribution is 0.335. The van der Waals surface area contributed by atoms with Crippen molar-refractivity contribution < 1.29 is 4.74 Å².